The van der Waals surface area contributed by atoms with Crippen molar-refractivity contribution in [2.45, 2.75) is 11.8 Å². The van der Waals surface area contributed by atoms with Crippen molar-refractivity contribution in [3.05, 3.63) is 29.8 Å². The summed E-state index contributed by atoms with van der Waals surface area (Å²) in [6, 6.07) is 6.89. The number of hydrogen-bond donors (Lipinski definition) is 0. The molecule has 1 aromatic carbocycles. The molecule has 0 bridgehead atoms. The average molecular weight is 270 g/mol. The summed E-state index contributed by atoms with van der Waals surface area (Å²) in [5.41, 5.74) is 1.05. The topological polar surface area (TPSA) is 49.7 Å². The number of sulfonamides is 1. The Morgan fingerprint density at radius 3 is 2.53 bits per heavy atom. The summed E-state index contributed by atoms with van der Waals surface area (Å²) >= 11 is 1.36. The Kier molecular flexibility index (Phi) is 3.44. The van der Waals surface area contributed by atoms with Gasteiger partial charge in [-0.3, -0.25) is 4.99 Å². The van der Waals surface area contributed by atoms with Crippen molar-refractivity contribution in [1.82, 2.24) is 4.31 Å². The van der Waals surface area contributed by atoms with Gasteiger partial charge in [0.05, 0.1) is 18.0 Å². The first-order chi connectivity index (χ1) is 8.05. The number of aryl methyl sites for hydroxylation is 1. The summed E-state index contributed by atoms with van der Waals surface area (Å²) in [6.45, 7) is 2.91. The van der Waals surface area contributed by atoms with Crippen LogP contribution < -0.4 is 0 Å². The van der Waals surface area contributed by atoms with Gasteiger partial charge in [-0.05, 0) is 25.3 Å². The zero-order chi connectivity index (χ0) is 12.5. The smallest absolute Gasteiger partial charge is 0.260 e. The Bertz CT molecular complexity index is 535. The number of amidine groups is 1. The first-order valence-electron chi connectivity index (χ1n) is 5.23. The molecule has 1 aliphatic rings. The van der Waals surface area contributed by atoms with Crippen molar-refractivity contribution in [1.29, 1.82) is 0 Å². The van der Waals surface area contributed by atoms with Crippen molar-refractivity contribution in [2.24, 2.45) is 4.99 Å². The third kappa shape index (κ3) is 2.32. The molecule has 1 aromatic rings. The van der Waals surface area contributed by atoms with Crippen molar-refractivity contribution < 1.29 is 8.42 Å². The van der Waals surface area contributed by atoms with Gasteiger partial charge in [0.15, 0.2) is 5.17 Å². The fourth-order valence-electron chi connectivity index (χ4n) is 1.64. The molecule has 92 valence electrons. The van der Waals surface area contributed by atoms with E-state index in [1.165, 1.54) is 16.1 Å². The molecule has 2 rings (SSSR count). The van der Waals surface area contributed by atoms with Gasteiger partial charge in [-0.2, -0.15) is 0 Å². The lowest BCUT2D eigenvalue weighted by molar-refractivity contribution is 0.540. The van der Waals surface area contributed by atoms with Gasteiger partial charge in [-0.25, -0.2) is 12.7 Å². The molecule has 0 spiro atoms. The van der Waals surface area contributed by atoms with Crippen LogP contribution >= 0.6 is 11.8 Å². The lowest BCUT2D eigenvalue weighted by atomic mass is 10.2. The highest BCUT2D eigenvalue weighted by Gasteiger charge is 2.29. The van der Waals surface area contributed by atoms with E-state index in [2.05, 4.69) is 4.99 Å². The van der Waals surface area contributed by atoms with Crippen LogP contribution in [0.3, 0.4) is 0 Å². The molecule has 0 N–H and O–H groups in total. The van der Waals surface area contributed by atoms with Gasteiger partial charge in [-0.1, -0.05) is 29.5 Å². The summed E-state index contributed by atoms with van der Waals surface area (Å²) in [6.07, 6.45) is 1.84. The van der Waals surface area contributed by atoms with E-state index in [1.807, 2.05) is 13.2 Å². The van der Waals surface area contributed by atoms with Gasteiger partial charge < -0.3 is 0 Å². The lowest BCUT2D eigenvalue weighted by Crippen LogP contribution is -2.32. The molecular weight excluding hydrogens is 256 g/mol. The molecule has 0 saturated heterocycles. The molecular formula is C11H14N2O2S2. The van der Waals surface area contributed by atoms with E-state index in [1.54, 1.807) is 24.3 Å². The molecule has 1 aliphatic heterocycles. The molecule has 0 atom stereocenters. The Balaban J connectivity index is 2.37. The number of hydrogen-bond acceptors (Lipinski definition) is 4. The van der Waals surface area contributed by atoms with Crippen LogP contribution in [0.5, 0.6) is 0 Å². The third-order valence-corrected chi connectivity index (χ3v) is 5.19. The van der Waals surface area contributed by atoms with E-state index >= 15 is 0 Å². The van der Waals surface area contributed by atoms with Gasteiger partial charge in [0.1, 0.15) is 0 Å². The van der Waals surface area contributed by atoms with Crippen LogP contribution in [-0.4, -0.2) is 37.2 Å². The Hall–Kier alpha value is -1.01. The fourth-order valence-corrected chi connectivity index (χ4v) is 3.99. The monoisotopic (exact) mass is 270 g/mol. The fraction of sp³-hybridized carbons (Fsp3) is 0.364. The minimum absolute atomic E-state index is 0.326. The molecule has 0 aliphatic carbocycles. The second kappa shape index (κ2) is 4.70. The molecule has 0 fully saturated rings. The number of nitrogens with zero attached hydrogens (tertiary/aromatic N) is 2. The van der Waals surface area contributed by atoms with Gasteiger partial charge in [-0.15, -0.1) is 0 Å². The maximum absolute atomic E-state index is 12.3. The number of thioether (sulfide) groups is 1. The van der Waals surface area contributed by atoms with Crippen LogP contribution in [0.1, 0.15) is 5.56 Å². The van der Waals surface area contributed by atoms with E-state index in [4.69, 9.17) is 0 Å². The zero-order valence-electron chi connectivity index (χ0n) is 9.75. The van der Waals surface area contributed by atoms with E-state index < -0.39 is 10.0 Å². The molecule has 4 nitrogen and oxygen atoms in total. The van der Waals surface area contributed by atoms with Crippen LogP contribution in [0.4, 0.5) is 0 Å². The standard InChI is InChI=1S/C11H14N2O2S2/c1-9-3-5-10(6-4-9)17(14,15)13-8-7-12-11(13)16-2/h3-6H,7-8H2,1-2H3. The minimum Gasteiger partial charge on any atom is -0.260 e. The Morgan fingerprint density at radius 2 is 1.94 bits per heavy atom. The summed E-state index contributed by atoms with van der Waals surface area (Å²) in [7, 11) is -3.44. The van der Waals surface area contributed by atoms with Crippen molar-refractivity contribution in [3.8, 4) is 0 Å². The Labute approximate surface area is 106 Å². The lowest BCUT2D eigenvalue weighted by Gasteiger charge is -2.18. The summed E-state index contributed by atoms with van der Waals surface area (Å²) in [5, 5.41) is 0.575. The van der Waals surface area contributed by atoms with E-state index in [0.717, 1.165) is 5.56 Å². The number of rotatable bonds is 2. The first kappa shape index (κ1) is 12.4. The van der Waals surface area contributed by atoms with Gasteiger partial charge in [0.2, 0.25) is 0 Å². The molecule has 17 heavy (non-hydrogen) atoms. The molecule has 0 aromatic heterocycles. The first-order valence-corrected chi connectivity index (χ1v) is 7.90. The van der Waals surface area contributed by atoms with Crippen LogP contribution in [0.15, 0.2) is 34.2 Å². The molecule has 0 saturated carbocycles. The van der Waals surface area contributed by atoms with Crippen LogP contribution in [0, 0.1) is 6.92 Å². The quantitative estimate of drug-likeness (QED) is 0.822. The van der Waals surface area contributed by atoms with Crippen LogP contribution in [0.25, 0.3) is 0 Å². The van der Waals surface area contributed by atoms with Gasteiger partial charge >= 0.3 is 0 Å². The molecule has 6 heteroatoms. The summed E-state index contributed by atoms with van der Waals surface area (Å²) in [5.74, 6) is 0. The van der Waals surface area contributed by atoms with Crippen molar-refractivity contribution in [2.75, 3.05) is 19.3 Å². The largest absolute Gasteiger partial charge is 0.265 e. The highest BCUT2D eigenvalue weighted by Crippen LogP contribution is 2.22. The molecule has 1 heterocycles. The molecule has 0 amide bonds. The maximum Gasteiger partial charge on any atom is 0.265 e. The normalized spacial score (nSPS) is 16.1. The van der Waals surface area contributed by atoms with Gasteiger partial charge in [0, 0.05) is 0 Å². The highest BCUT2D eigenvalue weighted by atomic mass is 32.2. The predicted molar refractivity (Wildman–Crippen MR) is 70.9 cm³/mol. The highest BCUT2D eigenvalue weighted by molar-refractivity contribution is 8.14. The van der Waals surface area contributed by atoms with Crippen LogP contribution in [-0.2, 0) is 10.0 Å². The second-order valence-electron chi connectivity index (χ2n) is 3.76. The second-order valence-corrected chi connectivity index (χ2v) is 6.39. The van der Waals surface area contributed by atoms with Crippen molar-refractivity contribution in [3.63, 3.8) is 0 Å². The van der Waals surface area contributed by atoms with Crippen LogP contribution in [0.2, 0.25) is 0 Å². The SMILES string of the molecule is CSC1=NCCN1S(=O)(=O)c1ccc(C)cc1. The van der Waals surface area contributed by atoms with E-state index in [-0.39, 0.29) is 0 Å². The zero-order valence-corrected chi connectivity index (χ0v) is 11.4. The minimum atomic E-state index is -3.44. The van der Waals surface area contributed by atoms with E-state index in [9.17, 15) is 8.42 Å². The summed E-state index contributed by atoms with van der Waals surface area (Å²) in [4.78, 5) is 4.50. The van der Waals surface area contributed by atoms with E-state index in [0.29, 0.717) is 23.2 Å². The maximum atomic E-state index is 12.3. The molecule has 0 unspecified atom stereocenters. The molecule has 0 radical (unpaired) electrons. The third-order valence-electron chi connectivity index (χ3n) is 2.56. The summed E-state index contributed by atoms with van der Waals surface area (Å²) < 4.78 is 26.1. The average Bonchev–Trinajstić information content (AvgIpc) is 2.78. The number of benzene rings is 1. The van der Waals surface area contributed by atoms with Crippen molar-refractivity contribution >= 4 is 27.0 Å². The number of aliphatic imine (C=N–C) groups is 1. The van der Waals surface area contributed by atoms with Gasteiger partial charge in [0.25, 0.3) is 10.0 Å². The predicted octanol–water partition coefficient (Wildman–Crippen LogP) is 1.72. The Morgan fingerprint density at radius 1 is 1.29 bits per heavy atom.